The summed E-state index contributed by atoms with van der Waals surface area (Å²) in [4.78, 5) is 23.3. The molecule has 0 bridgehead atoms. The van der Waals surface area contributed by atoms with E-state index in [9.17, 15) is 9.59 Å². The summed E-state index contributed by atoms with van der Waals surface area (Å²) >= 11 is 5.16. The molecule has 2 aromatic rings. The first-order valence-corrected chi connectivity index (χ1v) is 8.21. The van der Waals surface area contributed by atoms with Crippen molar-refractivity contribution in [3.05, 3.63) is 53.1 Å². The SMILES string of the molecule is Cc1cc(C(=O)O)ccc1NC(=S)NC(=O)c1ccc2c(c1)OCCO2. The van der Waals surface area contributed by atoms with Crippen molar-refractivity contribution in [2.24, 2.45) is 0 Å². The second-order valence-corrected chi connectivity index (χ2v) is 6.01. The average molecular weight is 372 g/mol. The molecule has 0 atom stereocenters. The minimum Gasteiger partial charge on any atom is -0.486 e. The number of thiocarbonyl (C=S) groups is 1. The molecule has 0 radical (unpaired) electrons. The van der Waals surface area contributed by atoms with Crippen molar-refractivity contribution in [1.29, 1.82) is 0 Å². The standard InChI is InChI=1S/C18H16N2O5S/c1-10-8-12(17(22)23)2-4-13(10)19-18(26)20-16(21)11-3-5-14-15(9-11)25-7-6-24-14/h2-5,8-9H,6-7H2,1H3,(H,22,23)(H2,19,20,21,26). The zero-order valence-electron chi connectivity index (χ0n) is 13.9. The summed E-state index contributed by atoms with van der Waals surface area (Å²) in [6, 6.07) is 9.48. The number of carboxylic acids is 1. The normalized spacial score (nSPS) is 12.2. The Morgan fingerprint density at radius 3 is 2.42 bits per heavy atom. The number of carbonyl (C=O) groups excluding carboxylic acids is 1. The van der Waals surface area contributed by atoms with E-state index in [0.717, 1.165) is 0 Å². The highest BCUT2D eigenvalue weighted by atomic mass is 32.1. The van der Waals surface area contributed by atoms with Gasteiger partial charge >= 0.3 is 5.97 Å². The fourth-order valence-corrected chi connectivity index (χ4v) is 2.65. The summed E-state index contributed by atoms with van der Waals surface area (Å²) in [5, 5.41) is 14.6. The van der Waals surface area contributed by atoms with Gasteiger partial charge in [-0.1, -0.05) is 0 Å². The largest absolute Gasteiger partial charge is 0.486 e. The fourth-order valence-electron chi connectivity index (χ4n) is 2.45. The highest BCUT2D eigenvalue weighted by Gasteiger charge is 2.16. The van der Waals surface area contributed by atoms with Crippen LogP contribution in [0.2, 0.25) is 0 Å². The van der Waals surface area contributed by atoms with Crippen LogP contribution in [0.4, 0.5) is 5.69 Å². The van der Waals surface area contributed by atoms with Gasteiger partial charge in [-0.05, 0) is 61.1 Å². The highest BCUT2D eigenvalue weighted by Crippen LogP contribution is 2.30. The number of nitrogens with one attached hydrogen (secondary N) is 2. The fraction of sp³-hybridized carbons (Fsp3) is 0.167. The van der Waals surface area contributed by atoms with Crippen LogP contribution in [-0.4, -0.2) is 35.3 Å². The van der Waals surface area contributed by atoms with Crippen molar-refractivity contribution < 1.29 is 24.2 Å². The molecule has 0 saturated carbocycles. The second kappa shape index (κ2) is 7.40. The summed E-state index contributed by atoms with van der Waals surface area (Å²) in [7, 11) is 0. The lowest BCUT2D eigenvalue weighted by molar-refractivity contribution is 0.0696. The lowest BCUT2D eigenvalue weighted by atomic mass is 10.1. The maximum atomic E-state index is 12.3. The predicted molar refractivity (Wildman–Crippen MR) is 99.3 cm³/mol. The van der Waals surface area contributed by atoms with E-state index in [2.05, 4.69) is 10.6 Å². The molecule has 0 saturated heterocycles. The van der Waals surface area contributed by atoms with E-state index in [-0.39, 0.29) is 16.6 Å². The summed E-state index contributed by atoms with van der Waals surface area (Å²) in [5.41, 5.74) is 1.87. The average Bonchev–Trinajstić information content (AvgIpc) is 2.62. The maximum absolute atomic E-state index is 12.3. The van der Waals surface area contributed by atoms with E-state index in [0.29, 0.717) is 41.5 Å². The molecule has 8 heteroatoms. The van der Waals surface area contributed by atoms with Gasteiger partial charge in [-0.15, -0.1) is 0 Å². The zero-order chi connectivity index (χ0) is 18.7. The van der Waals surface area contributed by atoms with Crippen LogP contribution in [0.5, 0.6) is 11.5 Å². The molecule has 0 spiro atoms. The maximum Gasteiger partial charge on any atom is 0.335 e. The van der Waals surface area contributed by atoms with Gasteiger partial charge in [0.2, 0.25) is 0 Å². The summed E-state index contributed by atoms with van der Waals surface area (Å²) < 4.78 is 10.9. The number of hydrogen-bond donors (Lipinski definition) is 3. The van der Waals surface area contributed by atoms with Gasteiger partial charge in [-0.25, -0.2) is 4.79 Å². The Bertz CT molecular complexity index is 897. The molecule has 134 valence electrons. The topological polar surface area (TPSA) is 96.9 Å². The Balaban J connectivity index is 1.66. The number of anilines is 1. The number of hydrogen-bond acceptors (Lipinski definition) is 5. The van der Waals surface area contributed by atoms with E-state index in [1.165, 1.54) is 12.1 Å². The number of amides is 1. The number of benzene rings is 2. The smallest absolute Gasteiger partial charge is 0.335 e. The minimum atomic E-state index is -1.01. The van der Waals surface area contributed by atoms with Gasteiger partial charge in [0, 0.05) is 11.3 Å². The highest BCUT2D eigenvalue weighted by molar-refractivity contribution is 7.80. The number of ether oxygens (including phenoxy) is 2. The van der Waals surface area contributed by atoms with Crippen molar-refractivity contribution in [2.75, 3.05) is 18.5 Å². The van der Waals surface area contributed by atoms with Crippen LogP contribution in [0, 0.1) is 6.92 Å². The molecular weight excluding hydrogens is 356 g/mol. The van der Waals surface area contributed by atoms with Crippen LogP contribution < -0.4 is 20.1 Å². The van der Waals surface area contributed by atoms with Crippen molar-refractivity contribution in [2.45, 2.75) is 6.92 Å². The Hall–Kier alpha value is -3.13. The van der Waals surface area contributed by atoms with Crippen LogP contribution in [0.1, 0.15) is 26.3 Å². The van der Waals surface area contributed by atoms with Crippen molar-refractivity contribution in [3.63, 3.8) is 0 Å². The number of fused-ring (bicyclic) bond motifs is 1. The molecule has 0 aromatic heterocycles. The van der Waals surface area contributed by atoms with E-state index in [1.54, 1.807) is 31.2 Å². The van der Waals surface area contributed by atoms with Crippen LogP contribution >= 0.6 is 12.2 Å². The van der Waals surface area contributed by atoms with E-state index >= 15 is 0 Å². The third-order valence-corrected chi connectivity index (χ3v) is 3.96. The Morgan fingerprint density at radius 2 is 1.73 bits per heavy atom. The molecule has 3 N–H and O–H groups in total. The molecule has 0 unspecified atom stereocenters. The van der Waals surface area contributed by atoms with Gasteiger partial charge in [0.15, 0.2) is 16.6 Å². The van der Waals surface area contributed by atoms with Gasteiger partial charge < -0.3 is 19.9 Å². The molecule has 7 nitrogen and oxygen atoms in total. The number of carboxylic acid groups (broad SMARTS) is 1. The van der Waals surface area contributed by atoms with E-state index < -0.39 is 5.97 Å². The van der Waals surface area contributed by atoms with Crippen LogP contribution in [0.3, 0.4) is 0 Å². The van der Waals surface area contributed by atoms with E-state index in [4.69, 9.17) is 26.8 Å². The molecule has 1 heterocycles. The molecule has 0 fully saturated rings. The third-order valence-electron chi connectivity index (χ3n) is 3.75. The number of aromatic carboxylic acids is 1. The molecule has 26 heavy (non-hydrogen) atoms. The summed E-state index contributed by atoms with van der Waals surface area (Å²) in [6.45, 7) is 2.66. The van der Waals surface area contributed by atoms with Crippen LogP contribution in [0.25, 0.3) is 0 Å². The van der Waals surface area contributed by atoms with Crippen molar-refractivity contribution in [3.8, 4) is 11.5 Å². The second-order valence-electron chi connectivity index (χ2n) is 5.60. The molecule has 3 rings (SSSR count). The molecule has 1 aliphatic rings. The number of carbonyl (C=O) groups is 2. The van der Waals surface area contributed by atoms with E-state index in [1.807, 2.05) is 0 Å². The summed E-state index contributed by atoms with van der Waals surface area (Å²) in [6.07, 6.45) is 0. The number of rotatable bonds is 3. The van der Waals surface area contributed by atoms with Crippen molar-refractivity contribution in [1.82, 2.24) is 5.32 Å². The Kier molecular flexibility index (Phi) is 5.04. The third kappa shape index (κ3) is 3.92. The summed E-state index contributed by atoms with van der Waals surface area (Å²) in [5.74, 6) is -0.279. The van der Waals surface area contributed by atoms with Crippen molar-refractivity contribution >= 4 is 34.9 Å². The first kappa shape index (κ1) is 17.7. The van der Waals surface area contributed by atoms with Crippen LogP contribution in [0.15, 0.2) is 36.4 Å². The first-order valence-electron chi connectivity index (χ1n) is 7.80. The molecule has 1 aliphatic heterocycles. The molecule has 1 amide bonds. The molecular formula is C18H16N2O5S. The van der Waals surface area contributed by atoms with Gasteiger partial charge in [0.1, 0.15) is 13.2 Å². The first-order chi connectivity index (χ1) is 12.4. The molecule has 2 aromatic carbocycles. The van der Waals surface area contributed by atoms with Gasteiger partial charge in [-0.2, -0.15) is 0 Å². The monoisotopic (exact) mass is 372 g/mol. The van der Waals surface area contributed by atoms with Gasteiger partial charge in [0.05, 0.1) is 5.56 Å². The quantitative estimate of drug-likeness (QED) is 0.713. The number of aryl methyl sites for hydroxylation is 1. The molecule has 0 aliphatic carbocycles. The minimum absolute atomic E-state index is 0.107. The Morgan fingerprint density at radius 1 is 1.04 bits per heavy atom. The van der Waals surface area contributed by atoms with Gasteiger partial charge in [0.25, 0.3) is 5.91 Å². The predicted octanol–water partition coefficient (Wildman–Crippen LogP) is 2.59. The zero-order valence-corrected chi connectivity index (χ0v) is 14.7. The van der Waals surface area contributed by atoms with Gasteiger partial charge in [-0.3, -0.25) is 10.1 Å². The Labute approximate surface area is 154 Å². The van der Waals surface area contributed by atoms with Crippen LogP contribution in [-0.2, 0) is 0 Å². The lowest BCUT2D eigenvalue weighted by Gasteiger charge is -2.19. The lowest BCUT2D eigenvalue weighted by Crippen LogP contribution is -2.34.